The Morgan fingerprint density at radius 3 is 2.76 bits per heavy atom. The maximum Gasteiger partial charge on any atom is 0.219 e. The maximum absolute atomic E-state index is 11.5. The van der Waals surface area contributed by atoms with Crippen molar-refractivity contribution in [3.05, 3.63) is 24.0 Å². The molecule has 1 amide bonds. The molecule has 1 atom stereocenters. The van der Waals surface area contributed by atoms with Crippen LogP contribution in [0.25, 0.3) is 0 Å². The van der Waals surface area contributed by atoms with Gasteiger partial charge in [0.05, 0.1) is 25.1 Å². The molecule has 0 unspecified atom stereocenters. The van der Waals surface area contributed by atoms with E-state index in [0.717, 1.165) is 57.9 Å². The van der Waals surface area contributed by atoms with Gasteiger partial charge in [-0.2, -0.15) is 0 Å². The number of pyridine rings is 1. The zero-order valence-corrected chi connectivity index (χ0v) is 12.6. The summed E-state index contributed by atoms with van der Waals surface area (Å²) in [5.41, 5.74) is 2.28. The molecule has 5 nitrogen and oxygen atoms in total. The van der Waals surface area contributed by atoms with Crippen molar-refractivity contribution in [1.82, 2.24) is 9.88 Å². The van der Waals surface area contributed by atoms with E-state index in [1.165, 1.54) is 5.69 Å². The van der Waals surface area contributed by atoms with Crippen LogP contribution in [0.1, 0.15) is 31.4 Å². The number of morpholine rings is 1. The van der Waals surface area contributed by atoms with Crippen LogP contribution in [0.4, 0.5) is 5.69 Å². The first-order valence-corrected chi connectivity index (χ1v) is 7.78. The Labute approximate surface area is 125 Å². The molecule has 0 bridgehead atoms. The SMILES string of the molecule is CC(=O)N1CCC[C@@H](c2ccc(N3CCOCC3)cn2)C1. The van der Waals surface area contributed by atoms with E-state index in [1.807, 2.05) is 11.1 Å². The standard InChI is InChI=1S/C16H23N3O2/c1-13(20)19-6-2-3-14(12-19)16-5-4-15(11-17-16)18-7-9-21-10-8-18/h4-5,11,14H,2-3,6-10,12H2,1H3/t14-/m1/s1. The van der Waals surface area contributed by atoms with E-state index >= 15 is 0 Å². The summed E-state index contributed by atoms with van der Waals surface area (Å²) in [7, 11) is 0. The third-order valence-electron chi connectivity index (χ3n) is 4.43. The highest BCUT2D eigenvalue weighted by Crippen LogP contribution is 2.26. The van der Waals surface area contributed by atoms with Gasteiger partial charge in [0.25, 0.3) is 0 Å². The summed E-state index contributed by atoms with van der Waals surface area (Å²) in [4.78, 5) is 20.4. The van der Waals surface area contributed by atoms with E-state index in [2.05, 4.69) is 22.0 Å². The Bertz CT molecular complexity index is 483. The number of carbonyl (C=O) groups is 1. The van der Waals surface area contributed by atoms with Gasteiger partial charge in [-0.15, -0.1) is 0 Å². The van der Waals surface area contributed by atoms with Crippen molar-refractivity contribution in [2.75, 3.05) is 44.3 Å². The van der Waals surface area contributed by atoms with Gasteiger partial charge in [0.15, 0.2) is 0 Å². The molecule has 114 valence electrons. The van der Waals surface area contributed by atoms with Gasteiger partial charge in [0.1, 0.15) is 0 Å². The molecule has 2 aliphatic heterocycles. The zero-order chi connectivity index (χ0) is 14.7. The Kier molecular flexibility index (Phi) is 4.39. The van der Waals surface area contributed by atoms with Crippen LogP contribution in [-0.2, 0) is 9.53 Å². The summed E-state index contributed by atoms with van der Waals surface area (Å²) < 4.78 is 5.37. The molecule has 0 saturated carbocycles. The number of ether oxygens (including phenoxy) is 1. The molecule has 0 aromatic carbocycles. The number of hydrogen-bond acceptors (Lipinski definition) is 4. The summed E-state index contributed by atoms with van der Waals surface area (Å²) in [5.74, 6) is 0.547. The average molecular weight is 289 g/mol. The molecule has 2 aliphatic rings. The highest BCUT2D eigenvalue weighted by molar-refractivity contribution is 5.73. The molecular formula is C16H23N3O2. The smallest absolute Gasteiger partial charge is 0.219 e. The predicted molar refractivity (Wildman–Crippen MR) is 81.5 cm³/mol. The molecule has 5 heteroatoms. The minimum atomic E-state index is 0.171. The van der Waals surface area contributed by atoms with Crippen LogP contribution >= 0.6 is 0 Å². The van der Waals surface area contributed by atoms with Gasteiger partial charge in [-0.05, 0) is 25.0 Å². The number of anilines is 1. The van der Waals surface area contributed by atoms with Crippen molar-refractivity contribution in [1.29, 1.82) is 0 Å². The van der Waals surface area contributed by atoms with Gasteiger partial charge >= 0.3 is 0 Å². The Morgan fingerprint density at radius 1 is 1.29 bits per heavy atom. The van der Waals surface area contributed by atoms with Crippen molar-refractivity contribution in [3.63, 3.8) is 0 Å². The molecule has 0 N–H and O–H groups in total. The molecule has 0 spiro atoms. The molecular weight excluding hydrogens is 266 g/mol. The summed E-state index contributed by atoms with van der Waals surface area (Å²) in [6, 6.07) is 4.28. The van der Waals surface area contributed by atoms with Crippen LogP contribution in [0.15, 0.2) is 18.3 Å². The lowest BCUT2D eigenvalue weighted by molar-refractivity contribution is -0.130. The first-order chi connectivity index (χ1) is 10.2. The lowest BCUT2D eigenvalue weighted by Crippen LogP contribution is -2.38. The maximum atomic E-state index is 11.5. The number of carbonyl (C=O) groups excluding carboxylic acids is 1. The topological polar surface area (TPSA) is 45.7 Å². The third-order valence-corrected chi connectivity index (χ3v) is 4.43. The molecule has 0 aliphatic carbocycles. The Hall–Kier alpha value is -1.62. The quantitative estimate of drug-likeness (QED) is 0.830. The zero-order valence-electron chi connectivity index (χ0n) is 12.6. The Morgan fingerprint density at radius 2 is 2.10 bits per heavy atom. The van der Waals surface area contributed by atoms with Gasteiger partial charge < -0.3 is 14.5 Å². The van der Waals surface area contributed by atoms with Crippen LogP contribution in [-0.4, -0.2) is 55.2 Å². The molecule has 2 saturated heterocycles. The van der Waals surface area contributed by atoms with E-state index in [-0.39, 0.29) is 5.91 Å². The number of nitrogens with zero attached hydrogens (tertiary/aromatic N) is 3. The first-order valence-electron chi connectivity index (χ1n) is 7.78. The van der Waals surface area contributed by atoms with Gasteiger partial charge in [-0.25, -0.2) is 0 Å². The number of rotatable bonds is 2. The van der Waals surface area contributed by atoms with Crippen LogP contribution in [0.3, 0.4) is 0 Å². The summed E-state index contributed by atoms with van der Waals surface area (Å²) in [5, 5.41) is 0. The minimum Gasteiger partial charge on any atom is -0.378 e. The highest BCUT2D eigenvalue weighted by atomic mass is 16.5. The molecule has 3 heterocycles. The summed E-state index contributed by atoms with van der Waals surface area (Å²) in [6.45, 7) is 6.79. The predicted octanol–water partition coefficient (Wildman–Crippen LogP) is 1.64. The highest BCUT2D eigenvalue weighted by Gasteiger charge is 2.23. The normalized spacial score (nSPS) is 23.2. The third kappa shape index (κ3) is 3.35. The van der Waals surface area contributed by atoms with Crippen molar-refractivity contribution in [2.24, 2.45) is 0 Å². The molecule has 0 radical (unpaired) electrons. The number of amides is 1. The number of hydrogen-bond donors (Lipinski definition) is 0. The average Bonchev–Trinajstić information content (AvgIpc) is 2.56. The van der Waals surface area contributed by atoms with Gasteiger partial charge in [0.2, 0.25) is 5.91 Å². The fourth-order valence-corrected chi connectivity index (χ4v) is 3.15. The second-order valence-corrected chi connectivity index (χ2v) is 5.84. The largest absolute Gasteiger partial charge is 0.378 e. The van der Waals surface area contributed by atoms with Crippen LogP contribution in [0, 0.1) is 0 Å². The second kappa shape index (κ2) is 6.43. The van der Waals surface area contributed by atoms with Crippen molar-refractivity contribution < 1.29 is 9.53 Å². The summed E-state index contributed by atoms with van der Waals surface area (Å²) >= 11 is 0. The lowest BCUT2D eigenvalue weighted by Gasteiger charge is -2.32. The number of likely N-dealkylation sites (tertiary alicyclic amines) is 1. The lowest BCUT2D eigenvalue weighted by atomic mass is 9.94. The summed E-state index contributed by atoms with van der Waals surface area (Å²) in [6.07, 6.45) is 4.15. The molecule has 1 aromatic rings. The van der Waals surface area contributed by atoms with Crippen LogP contribution in [0.2, 0.25) is 0 Å². The van der Waals surface area contributed by atoms with Crippen LogP contribution < -0.4 is 4.90 Å². The van der Waals surface area contributed by atoms with Crippen molar-refractivity contribution in [3.8, 4) is 0 Å². The van der Waals surface area contributed by atoms with Crippen molar-refractivity contribution in [2.45, 2.75) is 25.7 Å². The second-order valence-electron chi connectivity index (χ2n) is 5.84. The van der Waals surface area contributed by atoms with Crippen LogP contribution in [0.5, 0.6) is 0 Å². The van der Waals surface area contributed by atoms with E-state index in [9.17, 15) is 4.79 Å². The van der Waals surface area contributed by atoms with Gasteiger partial charge in [-0.1, -0.05) is 0 Å². The first kappa shape index (κ1) is 14.3. The van der Waals surface area contributed by atoms with E-state index < -0.39 is 0 Å². The molecule has 3 rings (SSSR count). The number of piperidine rings is 1. The minimum absolute atomic E-state index is 0.171. The van der Waals surface area contributed by atoms with E-state index in [4.69, 9.17) is 4.74 Å². The Balaban J connectivity index is 1.67. The van der Waals surface area contributed by atoms with Gasteiger partial charge in [-0.3, -0.25) is 9.78 Å². The van der Waals surface area contributed by atoms with Crippen molar-refractivity contribution >= 4 is 11.6 Å². The fraction of sp³-hybridized carbons (Fsp3) is 0.625. The monoisotopic (exact) mass is 289 g/mol. The van der Waals surface area contributed by atoms with E-state index in [0.29, 0.717) is 5.92 Å². The fourth-order valence-electron chi connectivity index (χ4n) is 3.15. The van der Waals surface area contributed by atoms with E-state index in [1.54, 1.807) is 6.92 Å². The molecule has 2 fully saturated rings. The van der Waals surface area contributed by atoms with Gasteiger partial charge in [0, 0.05) is 44.7 Å². The number of aromatic nitrogens is 1. The molecule has 1 aromatic heterocycles. The molecule has 21 heavy (non-hydrogen) atoms.